The Bertz CT molecular complexity index is 461. The molecule has 2 fully saturated rings. The number of hydrogen-bond donors (Lipinski definition) is 1. The molecule has 2 amide bonds. The Balaban J connectivity index is 1.84. The van der Waals surface area contributed by atoms with Crippen LogP contribution >= 0.6 is 0 Å². The zero-order chi connectivity index (χ0) is 17.9. The van der Waals surface area contributed by atoms with Gasteiger partial charge in [-0.2, -0.15) is 0 Å². The molecule has 1 aliphatic heterocycles. The van der Waals surface area contributed by atoms with Crippen LogP contribution in [0.25, 0.3) is 0 Å². The summed E-state index contributed by atoms with van der Waals surface area (Å²) in [5, 5.41) is 2.96. The number of carbonyl (C=O) groups is 2. The average Bonchev–Trinajstić information content (AvgIpc) is 2.44. The molecule has 4 heteroatoms. The minimum Gasteiger partial charge on any atom is -0.345 e. The molecule has 0 bridgehead atoms. The van der Waals surface area contributed by atoms with Gasteiger partial charge in [0.1, 0.15) is 6.04 Å². The Morgan fingerprint density at radius 1 is 1.21 bits per heavy atom. The highest BCUT2D eigenvalue weighted by molar-refractivity contribution is 5.87. The van der Waals surface area contributed by atoms with E-state index in [9.17, 15) is 9.59 Å². The van der Waals surface area contributed by atoms with Crippen molar-refractivity contribution in [3.05, 3.63) is 0 Å². The maximum absolute atomic E-state index is 12.6. The van der Waals surface area contributed by atoms with E-state index in [-0.39, 0.29) is 11.8 Å². The predicted octanol–water partition coefficient (Wildman–Crippen LogP) is 3.74. The van der Waals surface area contributed by atoms with Crippen molar-refractivity contribution in [1.29, 1.82) is 0 Å². The van der Waals surface area contributed by atoms with Crippen LogP contribution in [0, 0.1) is 17.3 Å². The van der Waals surface area contributed by atoms with E-state index >= 15 is 0 Å². The summed E-state index contributed by atoms with van der Waals surface area (Å²) in [6.07, 6.45) is 7.38. The van der Waals surface area contributed by atoms with Crippen LogP contribution in [0.4, 0.5) is 0 Å². The first-order chi connectivity index (χ1) is 11.2. The van der Waals surface area contributed by atoms with E-state index in [1.165, 1.54) is 12.8 Å². The molecule has 0 unspecified atom stereocenters. The molecule has 2 rings (SSSR count). The summed E-state index contributed by atoms with van der Waals surface area (Å²) >= 11 is 0. The fourth-order valence-electron chi connectivity index (χ4n) is 5.00. The van der Waals surface area contributed by atoms with Crippen LogP contribution < -0.4 is 5.32 Å². The summed E-state index contributed by atoms with van der Waals surface area (Å²) in [5.41, 5.74) is 0.327. The molecule has 24 heavy (non-hydrogen) atoms. The van der Waals surface area contributed by atoms with E-state index in [2.05, 4.69) is 33.0 Å². The fraction of sp³-hybridized carbons (Fsp3) is 0.900. The fourth-order valence-corrected chi connectivity index (χ4v) is 5.00. The Labute approximate surface area is 147 Å². The normalized spacial score (nSPS) is 31.4. The number of nitrogens with zero attached hydrogens (tertiary/aromatic N) is 1. The van der Waals surface area contributed by atoms with E-state index < -0.39 is 6.04 Å². The maximum atomic E-state index is 12.6. The van der Waals surface area contributed by atoms with Gasteiger partial charge < -0.3 is 10.2 Å². The third-order valence-corrected chi connectivity index (χ3v) is 5.79. The first-order valence-electron chi connectivity index (χ1n) is 9.78. The molecular weight excluding hydrogens is 300 g/mol. The standard InChI is InChI=1S/C20H36N2O2/c1-14-10-17(13-20(4,5)12-14)11-18(23)21-16(3)19(24)22-9-7-6-8-15(22)2/h14-17H,6-13H2,1-5H3,(H,21,23)/t14-,15-,16+,17-/m1/s1. The maximum Gasteiger partial charge on any atom is 0.245 e. The summed E-state index contributed by atoms with van der Waals surface area (Å²) in [4.78, 5) is 27.0. The second-order valence-corrected chi connectivity index (χ2v) is 9.15. The van der Waals surface area contributed by atoms with Gasteiger partial charge in [-0.15, -0.1) is 0 Å². The lowest BCUT2D eigenvalue weighted by atomic mass is 9.67. The Morgan fingerprint density at radius 3 is 2.54 bits per heavy atom. The number of nitrogens with one attached hydrogen (secondary N) is 1. The minimum atomic E-state index is -0.410. The highest BCUT2D eigenvalue weighted by Gasteiger charge is 2.34. The van der Waals surface area contributed by atoms with Crippen LogP contribution in [0.15, 0.2) is 0 Å². The van der Waals surface area contributed by atoms with Crippen LogP contribution in [-0.2, 0) is 9.59 Å². The minimum absolute atomic E-state index is 0.0374. The Morgan fingerprint density at radius 2 is 1.92 bits per heavy atom. The third kappa shape index (κ3) is 5.22. The lowest BCUT2D eigenvalue weighted by Crippen LogP contribution is -2.51. The average molecular weight is 337 g/mol. The van der Waals surface area contributed by atoms with Crippen molar-refractivity contribution in [3.63, 3.8) is 0 Å². The SMILES string of the molecule is C[C@@H]1C[C@H](CC(=O)N[C@@H](C)C(=O)N2CCCC[C@H]2C)CC(C)(C)C1. The smallest absolute Gasteiger partial charge is 0.245 e. The third-order valence-electron chi connectivity index (χ3n) is 5.79. The van der Waals surface area contributed by atoms with Gasteiger partial charge in [-0.25, -0.2) is 0 Å². The lowest BCUT2D eigenvalue weighted by Gasteiger charge is -2.39. The van der Waals surface area contributed by atoms with Gasteiger partial charge in [0.25, 0.3) is 0 Å². The van der Waals surface area contributed by atoms with Crippen molar-refractivity contribution < 1.29 is 9.59 Å². The molecular formula is C20H36N2O2. The van der Waals surface area contributed by atoms with E-state index in [0.717, 1.165) is 32.2 Å². The van der Waals surface area contributed by atoms with Gasteiger partial charge in [0.2, 0.25) is 11.8 Å². The second kappa shape index (κ2) is 7.88. The first-order valence-corrected chi connectivity index (χ1v) is 9.78. The van der Waals surface area contributed by atoms with E-state index in [1.54, 1.807) is 0 Å². The summed E-state index contributed by atoms with van der Waals surface area (Å²) < 4.78 is 0. The van der Waals surface area contributed by atoms with Crippen molar-refractivity contribution in [2.75, 3.05) is 6.54 Å². The number of rotatable bonds is 4. The summed E-state index contributed by atoms with van der Waals surface area (Å²) in [6, 6.07) is -0.113. The van der Waals surface area contributed by atoms with Crippen LogP contribution in [-0.4, -0.2) is 35.3 Å². The Hall–Kier alpha value is -1.06. The van der Waals surface area contributed by atoms with E-state index in [4.69, 9.17) is 0 Å². The molecule has 0 aromatic carbocycles. The Kier molecular flexibility index (Phi) is 6.33. The summed E-state index contributed by atoms with van der Waals surface area (Å²) in [5.74, 6) is 1.24. The van der Waals surface area contributed by atoms with Gasteiger partial charge in [0, 0.05) is 19.0 Å². The molecule has 4 atom stereocenters. The van der Waals surface area contributed by atoms with Crippen LogP contribution in [0.5, 0.6) is 0 Å². The molecule has 4 nitrogen and oxygen atoms in total. The number of likely N-dealkylation sites (tertiary alicyclic amines) is 1. The summed E-state index contributed by atoms with van der Waals surface area (Å²) in [7, 11) is 0. The molecule has 1 saturated heterocycles. The zero-order valence-electron chi connectivity index (χ0n) is 16.2. The largest absolute Gasteiger partial charge is 0.345 e. The molecule has 1 heterocycles. The molecule has 1 saturated carbocycles. The highest BCUT2D eigenvalue weighted by Crippen LogP contribution is 2.42. The zero-order valence-corrected chi connectivity index (χ0v) is 16.2. The number of amides is 2. The van der Waals surface area contributed by atoms with Crippen molar-refractivity contribution in [2.24, 2.45) is 17.3 Å². The molecule has 0 aromatic heterocycles. The molecule has 0 spiro atoms. The van der Waals surface area contributed by atoms with Crippen molar-refractivity contribution in [3.8, 4) is 0 Å². The van der Waals surface area contributed by atoms with Crippen molar-refractivity contribution in [1.82, 2.24) is 10.2 Å². The first kappa shape index (κ1) is 19.3. The van der Waals surface area contributed by atoms with Crippen molar-refractivity contribution in [2.45, 2.75) is 91.6 Å². The van der Waals surface area contributed by atoms with Gasteiger partial charge in [-0.3, -0.25) is 9.59 Å². The topological polar surface area (TPSA) is 49.4 Å². The van der Waals surface area contributed by atoms with Crippen LogP contribution in [0.1, 0.15) is 79.6 Å². The van der Waals surface area contributed by atoms with E-state index in [0.29, 0.717) is 29.7 Å². The quantitative estimate of drug-likeness (QED) is 0.850. The second-order valence-electron chi connectivity index (χ2n) is 9.15. The summed E-state index contributed by atoms with van der Waals surface area (Å²) in [6.45, 7) is 11.7. The van der Waals surface area contributed by atoms with Gasteiger partial charge >= 0.3 is 0 Å². The van der Waals surface area contributed by atoms with Gasteiger partial charge in [-0.1, -0.05) is 20.8 Å². The van der Waals surface area contributed by atoms with E-state index in [1.807, 2.05) is 11.8 Å². The molecule has 2 aliphatic rings. The number of carbonyl (C=O) groups excluding carboxylic acids is 2. The number of hydrogen-bond acceptors (Lipinski definition) is 2. The molecule has 1 N–H and O–H groups in total. The van der Waals surface area contributed by atoms with Gasteiger partial charge in [0.05, 0.1) is 0 Å². The molecule has 138 valence electrons. The monoisotopic (exact) mass is 336 g/mol. The lowest BCUT2D eigenvalue weighted by molar-refractivity contribution is -0.139. The number of piperidine rings is 1. The highest BCUT2D eigenvalue weighted by atomic mass is 16.2. The van der Waals surface area contributed by atoms with Gasteiger partial charge in [-0.05, 0) is 69.6 Å². The predicted molar refractivity (Wildman–Crippen MR) is 97.5 cm³/mol. The van der Waals surface area contributed by atoms with Crippen LogP contribution in [0.3, 0.4) is 0 Å². The molecule has 0 aromatic rings. The molecule has 0 radical (unpaired) electrons. The van der Waals surface area contributed by atoms with Crippen LogP contribution in [0.2, 0.25) is 0 Å². The van der Waals surface area contributed by atoms with Gasteiger partial charge in [0.15, 0.2) is 0 Å². The van der Waals surface area contributed by atoms with Crippen molar-refractivity contribution >= 4 is 11.8 Å². The molecule has 1 aliphatic carbocycles.